The number of nitrogens with zero attached hydrogens (tertiary/aromatic N) is 1. The van der Waals surface area contributed by atoms with E-state index in [9.17, 15) is 8.78 Å². The highest BCUT2D eigenvalue weighted by Crippen LogP contribution is 2.22. The van der Waals surface area contributed by atoms with Gasteiger partial charge in [0, 0.05) is 5.56 Å². The predicted molar refractivity (Wildman–Crippen MR) is 54.6 cm³/mol. The summed E-state index contributed by atoms with van der Waals surface area (Å²) in [5.74, 6) is -0.853. The number of hydrogen-bond acceptors (Lipinski definition) is 3. The second kappa shape index (κ2) is 4.40. The van der Waals surface area contributed by atoms with Gasteiger partial charge in [0.1, 0.15) is 0 Å². The van der Waals surface area contributed by atoms with Crippen LogP contribution in [0.25, 0.3) is 11.3 Å². The largest absolute Gasteiger partial charge is 0.439 e. The van der Waals surface area contributed by atoms with Gasteiger partial charge in [-0.3, -0.25) is 0 Å². The van der Waals surface area contributed by atoms with Gasteiger partial charge in [-0.1, -0.05) is 0 Å². The monoisotopic (exact) mass is 224 g/mol. The number of halogens is 2. The van der Waals surface area contributed by atoms with Gasteiger partial charge in [0.05, 0.1) is 12.7 Å². The van der Waals surface area contributed by atoms with E-state index in [4.69, 9.17) is 4.42 Å². The lowest BCUT2D eigenvalue weighted by Gasteiger charge is -1.97. The highest BCUT2D eigenvalue weighted by molar-refractivity contribution is 5.56. The maximum Gasteiger partial charge on any atom is 0.208 e. The van der Waals surface area contributed by atoms with Crippen LogP contribution in [-0.4, -0.2) is 12.0 Å². The lowest BCUT2D eigenvalue weighted by Crippen LogP contribution is -2.04. The zero-order valence-corrected chi connectivity index (χ0v) is 8.63. The molecule has 84 valence electrons. The van der Waals surface area contributed by atoms with E-state index in [-0.39, 0.29) is 0 Å². The Morgan fingerprint density at radius 2 is 2.12 bits per heavy atom. The zero-order chi connectivity index (χ0) is 11.5. The van der Waals surface area contributed by atoms with Gasteiger partial charge in [0.25, 0.3) is 0 Å². The van der Waals surface area contributed by atoms with E-state index in [1.54, 1.807) is 7.05 Å². The Bertz CT molecular complexity index is 496. The molecule has 2 aromatic rings. The molecule has 0 spiro atoms. The lowest BCUT2D eigenvalue weighted by molar-refractivity contribution is 0.488. The van der Waals surface area contributed by atoms with Crippen LogP contribution in [0.3, 0.4) is 0 Å². The Hall–Kier alpha value is -1.75. The fraction of sp³-hybridized carbons (Fsp3) is 0.182. The van der Waals surface area contributed by atoms with E-state index in [0.717, 1.165) is 12.1 Å². The third-order valence-electron chi connectivity index (χ3n) is 2.09. The number of aromatic nitrogens is 1. The van der Waals surface area contributed by atoms with Gasteiger partial charge in [-0.15, -0.1) is 0 Å². The van der Waals surface area contributed by atoms with Crippen molar-refractivity contribution in [1.82, 2.24) is 10.3 Å². The van der Waals surface area contributed by atoms with Gasteiger partial charge in [0.15, 0.2) is 17.4 Å². The molecule has 2 rings (SSSR count). The molecule has 3 nitrogen and oxygen atoms in total. The van der Waals surface area contributed by atoms with Crippen LogP contribution in [-0.2, 0) is 6.54 Å². The molecule has 5 heteroatoms. The SMILES string of the molecule is CNCc1ncc(-c2ccc(F)c(F)c2)o1. The summed E-state index contributed by atoms with van der Waals surface area (Å²) in [4.78, 5) is 3.99. The fourth-order valence-electron chi connectivity index (χ4n) is 1.33. The van der Waals surface area contributed by atoms with Crippen LogP contribution < -0.4 is 5.32 Å². The number of rotatable bonds is 3. The highest BCUT2D eigenvalue weighted by Gasteiger charge is 2.08. The van der Waals surface area contributed by atoms with Crippen molar-refractivity contribution in [3.63, 3.8) is 0 Å². The van der Waals surface area contributed by atoms with Crippen LogP contribution in [0.5, 0.6) is 0 Å². The maximum atomic E-state index is 13.0. The van der Waals surface area contributed by atoms with E-state index in [2.05, 4.69) is 10.3 Å². The Morgan fingerprint density at radius 1 is 1.31 bits per heavy atom. The summed E-state index contributed by atoms with van der Waals surface area (Å²) in [6, 6.07) is 3.59. The van der Waals surface area contributed by atoms with Crippen molar-refractivity contribution in [2.24, 2.45) is 0 Å². The molecule has 1 aromatic carbocycles. The minimum atomic E-state index is -0.899. The Kier molecular flexibility index (Phi) is 2.96. The molecule has 0 aliphatic rings. The molecule has 0 fully saturated rings. The summed E-state index contributed by atoms with van der Waals surface area (Å²) >= 11 is 0. The van der Waals surface area contributed by atoms with Crippen molar-refractivity contribution >= 4 is 0 Å². The summed E-state index contributed by atoms with van der Waals surface area (Å²) in [5, 5.41) is 2.88. The predicted octanol–water partition coefficient (Wildman–Crippen LogP) is 2.34. The smallest absolute Gasteiger partial charge is 0.208 e. The third kappa shape index (κ3) is 2.09. The van der Waals surface area contributed by atoms with Gasteiger partial charge in [-0.25, -0.2) is 13.8 Å². The van der Waals surface area contributed by atoms with E-state index in [1.807, 2.05) is 0 Å². The Morgan fingerprint density at radius 3 is 2.81 bits per heavy atom. The van der Waals surface area contributed by atoms with Crippen LogP contribution in [0.1, 0.15) is 5.89 Å². The first-order chi connectivity index (χ1) is 7.70. The molecule has 0 amide bonds. The van der Waals surface area contributed by atoms with Gasteiger partial charge >= 0.3 is 0 Å². The van der Waals surface area contributed by atoms with Crippen LogP contribution >= 0.6 is 0 Å². The normalized spacial score (nSPS) is 10.7. The molecule has 0 bridgehead atoms. The highest BCUT2D eigenvalue weighted by atomic mass is 19.2. The Labute approximate surface area is 91.1 Å². The number of nitrogens with one attached hydrogen (secondary N) is 1. The summed E-state index contributed by atoms with van der Waals surface area (Å²) < 4.78 is 31.0. The van der Waals surface area contributed by atoms with E-state index < -0.39 is 11.6 Å². The molecule has 0 unspecified atom stereocenters. The summed E-state index contributed by atoms with van der Waals surface area (Å²) in [6.45, 7) is 0.490. The number of hydrogen-bond donors (Lipinski definition) is 1. The van der Waals surface area contributed by atoms with Crippen LogP contribution in [0.2, 0.25) is 0 Å². The third-order valence-corrected chi connectivity index (χ3v) is 2.09. The van der Waals surface area contributed by atoms with Crippen molar-refractivity contribution in [3.8, 4) is 11.3 Å². The molecule has 1 N–H and O–H groups in total. The molecule has 0 radical (unpaired) electrons. The van der Waals surface area contributed by atoms with Crippen molar-refractivity contribution in [2.45, 2.75) is 6.54 Å². The second-order valence-corrected chi connectivity index (χ2v) is 3.28. The second-order valence-electron chi connectivity index (χ2n) is 3.28. The molecule has 1 heterocycles. The molecular weight excluding hydrogens is 214 g/mol. The standard InChI is InChI=1S/C11H10F2N2O/c1-14-6-11-15-5-10(16-11)7-2-3-8(12)9(13)4-7/h2-5,14H,6H2,1H3. The van der Waals surface area contributed by atoms with Crippen molar-refractivity contribution in [2.75, 3.05) is 7.05 Å². The molecule has 0 saturated carbocycles. The van der Waals surface area contributed by atoms with Gasteiger partial charge < -0.3 is 9.73 Å². The first-order valence-corrected chi connectivity index (χ1v) is 4.75. The van der Waals surface area contributed by atoms with Gasteiger partial charge in [0.2, 0.25) is 5.89 Å². The summed E-state index contributed by atoms with van der Waals surface area (Å²) in [6.07, 6.45) is 1.49. The van der Waals surface area contributed by atoms with Crippen molar-refractivity contribution < 1.29 is 13.2 Å². The zero-order valence-electron chi connectivity index (χ0n) is 8.63. The van der Waals surface area contributed by atoms with Crippen LogP contribution in [0.4, 0.5) is 8.78 Å². The lowest BCUT2D eigenvalue weighted by atomic mass is 10.2. The summed E-state index contributed by atoms with van der Waals surface area (Å²) in [7, 11) is 1.77. The minimum Gasteiger partial charge on any atom is -0.439 e. The van der Waals surface area contributed by atoms with E-state index >= 15 is 0 Å². The van der Waals surface area contributed by atoms with Gasteiger partial charge in [-0.2, -0.15) is 0 Å². The molecule has 0 aliphatic heterocycles. The molecule has 1 aromatic heterocycles. The van der Waals surface area contributed by atoms with Crippen LogP contribution in [0.15, 0.2) is 28.8 Å². The topological polar surface area (TPSA) is 38.1 Å². The van der Waals surface area contributed by atoms with Crippen molar-refractivity contribution in [3.05, 3.63) is 41.9 Å². The number of oxazole rings is 1. The molecule has 0 saturated heterocycles. The number of benzene rings is 1. The molecule has 0 aliphatic carbocycles. The first kappa shape index (κ1) is 10.8. The average Bonchev–Trinajstić information content (AvgIpc) is 2.71. The van der Waals surface area contributed by atoms with E-state index in [0.29, 0.717) is 23.8 Å². The van der Waals surface area contributed by atoms with Gasteiger partial charge in [-0.05, 0) is 25.2 Å². The average molecular weight is 224 g/mol. The Balaban J connectivity index is 2.31. The first-order valence-electron chi connectivity index (χ1n) is 4.75. The van der Waals surface area contributed by atoms with E-state index in [1.165, 1.54) is 12.3 Å². The van der Waals surface area contributed by atoms with Crippen molar-refractivity contribution in [1.29, 1.82) is 0 Å². The minimum absolute atomic E-state index is 0.421. The summed E-state index contributed by atoms with van der Waals surface area (Å²) in [5.41, 5.74) is 0.466. The molecule has 16 heavy (non-hydrogen) atoms. The molecule has 0 atom stereocenters. The fourth-order valence-corrected chi connectivity index (χ4v) is 1.33. The quantitative estimate of drug-likeness (QED) is 0.869. The van der Waals surface area contributed by atoms with Crippen LogP contribution in [0, 0.1) is 11.6 Å². The maximum absolute atomic E-state index is 13.0. The molecular formula is C11H10F2N2O.